The van der Waals surface area contributed by atoms with Gasteiger partial charge in [0.2, 0.25) is 5.91 Å². The third-order valence-electron chi connectivity index (χ3n) is 5.55. The van der Waals surface area contributed by atoms with E-state index < -0.39 is 12.1 Å². The number of hydrogen-bond acceptors (Lipinski definition) is 3. The lowest BCUT2D eigenvalue weighted by molar-refractivity contribution is -0.192. The fourth-order valence-corrected chi connectivity index (χ4v) is 4.05. The minimum atomic E-state index is -5.08. The molecule has 1 unspecified atom stereocenters. The number of fused-ring (bicyclic) bond motifs is 2. The summed E-state index contributed by atoms with van der Waals surface area (Å²) in [6, 6.07) is 19.4. The first-order valence-corrected chi connectivity index (χ1v) is 10.5. The molecule has 0 bridgehead atoms. The number of carbonyl (C=O) groups is 2. The first-order valence-electron chi connectivity index (χ1n) is 10.5. The average Bonchev–Trinajstić information content (AvgIpc) is 3.13. The maximum Gasteiger partial charge on any atom is 0.490 e. The molecule has 0 fully saturated rings. The molecule has 9 heteroatoms. The molecule has 2 N–H and O–H groups in total. The molecule has 6 nitrogen and oxygen atoms in total. The standard InChI is InChI=1S/C22H25N3O.C2HF3O2/c1-23-22(26)12-17-13-24(16-20-9-5-11-25(20)14-17)15-19-8-4-7-18-6-2-3-10-21(18)19;3-2(4,5)1(6)7/h2-11,17H,12-16H2,1H3,(H,23,26);(H,6,7). The monoisotopic (exact) mass is 461 g/mol. The Hall–Kier alpha value is -3.33. The zero-order valence-corrected chi connectivity index (χ0v) is 18.2. The zero-order valence-electron chi connectivity index (χ0n) is 18.2. The van der Waals surface area contributed by atoms with Crippen molar-refractivity contribution in [2.75, 3.05) is 13.6 Å². The molecule has 0 aliphatic carbocycles. The molecule has 33 heavy (non-hydrogen) atoms. The Morgan fingerprint density at radius 2 is 1.76 bits per heavy atom. The van der Waals surface area contributed by atoms with Crippen molar-refractivity contribution >= 4 is 22.6 Å². The summed E-state index contributed by atoms with van der Waals surface area (Å²) in [7, 11) is 1.72. The van der Waals surface area contributed by atoms with Crippen LogP contribution in [-0.4, -0.2) is 46.2 Å². The topological polar surface area (TPSA) is 74.6 Å². The smallest absolute Gasteiger partial charge is 0.475 e. The van der Waals surface area contributed by atoms with Gasteiger partial charge in [0.15, 0.2) is 0 Å². The summed E-state index contributed by atoms with van der Waals surface area (Å²) in [5.41, 5.74) is 2.67. The Morgan fingerprint density at radius 1 is 1.06 bits per heavy atom. The summed E-state index contributed by atoms with van der Waals surface area (Å²) in [6.07, 6.45) is -2.38. The number of carboxylic acid groups (broad SMARTS) is 1. The number of alkyl halides is 3. The van der Waals surface area contributed by atoms with E-state index in [1.807, 2.05) is 0 Å². The lowest BCUT2D eigenvalue weighted by Gasteiger charge is -2.24. The minimum absolute atomic E-state index is 0.121. The quantitative estimate of drug-likeness (QED) is 0.615. The largest absolute Gasteiger partial charge is 0.490 e. The van der Waals surface area contributed by atoms with Gasteiger partial charge in [0.1, 0.15) is 0 Å². The molecule has 0 saturated carbocycles. The van der Waals surface area contributed by atoms with Crippen molar-refractivity contribution in [3.63, 3.8) is 0 Å². The fourth-order valence-electron chi connectivity index (χ4n) is 4.05. The Kier molecular flexibility index (Phi) is 7.75. The molecule has 1 aliphatic rings. The number of rotatable bonds is 4. The average molecular weight is 461 g/mol. The number of aliphatic carboxylic acids is 1. The predicted octanol–water partition coefficient (Wildman–Crippen LogP) is 4.04. The first kappa shape index (κ1) is 24.3. The molecule has 1 atom stereocenters. The second kappa shape index (κ2) is 10.5. The van der Waals surface area contributed by atoms with E-state index in [1.165, 1.54) is 22.0 Å². The molecular formula is C24H26F3N3O3. The van der Waals surface area contributed by atoms with Gasteiger partial charge in [0, 0.05) is 51.5 Å². The molecule has 3 aromatic rings. The second-order valence-electron chi connectivity index (χ2n) is 8.01. The van der Waals surface area contributed by atoms with Crippen LogP contribution in [0, 0.1) is 5.92 Å². The van der Waals surface area contributed by atoms with Crippen LogP contribution in [0.4, 0.5) is 13.2 Å². The van der Waals surface area contributed by atoms with Gasteiger partial charge in [-0.3, -0.25) is 9.69 Å². The van der Waals surface area contributed by atoms with E-state index in [0.717, 1.165) is 26.2 Å². The lowest BCUT2D eigenvalue weighted by atomic mass is 10.0. The van der Waals surface area contributed by atoms with Crippen LogP contribution < -0.4 is 5.32 Å². The summed E-state index contributed by atoms with van der Waals surface area (Å²) in [5, 5.41) is 12.5. The van der Waals surface area contributed by atoms with E-state index in [4.69, 9.17) is 9.90 Å². The van der Waals surface area contributed by atoms with E-state index in [-0.39, 0.29) is 5.91 Å². The molecule has 2 heterocycles. The van der Waals surface area contributed by atoms with Crippen molar-refractivity contribution in [1.29, 1.82) is 0 Å². The number of halogens is 3. The summed E-state index contributed by atoms with van der Waals surface area (Å²) in [4.78, 5) is 23.3. The van der Waals surface area contributed by atoms with Gasteiger partial charge >= 0.3 is 12.1 Å². The van der Waals surface area contributed by atoms with Crippen LogP contribution in [0.1, 0.15) is 17.7 Å². The van der Waals surface area contributed by atoms with Gasteiger partial charge in [-0.15, -0.1) is 0 Å². The number of nitrogens with zero attached hydrogens (tertiary/aromatic N) is 2. The lowest BCUT2D eigenvalue weighted by Crippen LogP contribution is -2.31. The Balaban J connectivity index is 0.000000383. The SMILES string of the molecule is CNC(=O)CC1CN(Cc2cccc3ccccc23)Cc2cccn2C1.O=C(O)C(F)(F)F. The van der Waals surface area contributed by atoms with Crippen molar-refractivity contribution in [3.8, 4) is 0 Å². The highest BCUT2D eigenvalue weighted by Crippen LogP contribution is 2.24. The number of hydrogen-bond donors (Lipinski definition) is 2. The third kappa shape index (κ3) is 6.58. The van der Waals surface area contributed by atoms with Gasteiger partial charge in [-0.2, -0.15) is 13.2 Å². The molecule has 0 radical (unpaired) electrons. The van der Waals surface area contributed by atoms with Crippen LogP contribution in [-0.2, 0) is 29.2 Å². The number of carboxylic acids is 1. The predicted molar refractivity (Wildman–Crippen MR) is 118 cm³/mol. The van der Waals surface area contributed by atoms with Crippen LogP contribution in [0.25, 0.3) is 10.8 Å². The van der Waals surface area contributed by atoms with Gasteiger partial charge in [-0.05, 0) is 34.4 Å². The van der Waals surface area contributed by atoms with E-state index in [1.54, 1.807) is 7.05 Å². The normalized spacial score (nSPS) is 16.3. The van der Waals surface area contributed by atoms with Gasteiger partial charge in [-0.1, -0.05) is 42.5 Å². The summed E-state index contributed by atoms with van der Waals surface area (Å²) < 4.78 is 34.0. The number of amides is 1. The van der Waals surface area contributed by atoms with Crippen molar-refractivity contribution in [2.45, 2.75) is 32.2 Å². The summed E-state index contributed by atoms with van der Waals surface area (Å²) in [5.74, 6) is -2.32. The van der Waals surface area contributed by atoms with Crippen LogP contribution in [0.2, 0.25) is 0 Å². The number of nitrogens with one attached hydrogen (secondary N) is 1. The highest BCUT2D eigenvalue weighted by Gasteiger charge is 2.38. The molecule has 4 rings (SSSR count). The van der Waals surface area contributed by atoms with Crippen molar-refractivity contribution in [3.05, 3.63) is 72.1 Å². The highest BCUT2D eigenvalue weighted by molar-refractivity contribution is 5.85. The third-order valence-corrected chi connectivity index (χ3v) is 5.55. The Labute approximate surface area is 189 Å². The minimum Gasteiger partial charge on any atom is -0.475 e. The molecular weight excluding hydrogens is 435 g/mol. The molecule has 1 aromatic heterocycles. The van der Waals surface area contributed by atoms with Crippen LogP contribution >= 0.6 is 0 Å². The maximum absolute atomic E-state index is 11.9. The van der Waals surface area contributed by atoms with Crippen molar-refractivity contribution < 1.29 is 27.9 Å². The van der Waals surface area contributed by atoms with Crippen LogP contribution in [0.5, 0.6) is 0 Å². The Morgan fingerprint density at radius 3 is 2.45 bits per heavy atom. The van der Waals surface area contributed by atoms with Crippen LogP contribution in [0.15, 0.2) is 60.8 Å². The van der Waals surface area contributed by atoms with Crippen LogP contribution in [0.3, 0.4) is 0 Å². The summed E-state index contributed by atoms with van der Waals surface area (Å²) >= 11 is 0. The highest BCUT2D eigenvalue weighted by atomic mass is 19.4. The van der Waals surface area contributed by atoms with Crippen molar-refractivity contribution in [1.82, 2.24) is 14.8 Å². The molecule has 2 aromatic carbocycles. The number of aromatic nitrogens is 1. The van der Waals surface area contributed by atoms with E-state index >= 15 is 0 Å². The molecule has 1 aliphatic heterocycles. The van der Waals surface area contributed by atoms with Gasteiger partial charge in [0.25, 0.3) is 0 Å². The van der Waals surface area contributed by atoms with Gasteiger partial charge in [-0.25, -0.2) is 4.79 Å². The molecule has 0 saturated heterocycles. The maximum atomic E-state index is 11.9. The summed E-state index contributed by atoms with van der Waals surface area (Å²) in [6.45, 7) is 3.65. The zero-order chi connectivity index (χ0) is 24.0. The molecule has 176 valence electrons. The Bertz CT molecular complexity index is 1110. The van der Waals surface area contributed by atoms with Gasteiger partial charge in [0.05, 0.1) is 0 Å². The first-order chi connectivity index (χ1) is 15.7. The second-order valence-corrected chi connectivity index (χ2v) is 8.01. The molecule has 1 amide bonds. The van der Waals surface area contributed by atoms with E-state index in [9.17, 15) is 18.0 Å². The van der Waals surface area contributed by atoms with E-state index in [0.29, 0.717) is 12.3 Å². The van der Waals surface area contributed by atoms with Crippen molar-refractivity contribution in [2.24, 2.45) is 5.92 Å². The molecule has 0 spiro atoms. The number of carbonyl (C=O) groups excluding carboxylic acids is 1. The van der Waals surface area contributed by atoms with Gasteiger partial charge < -0.3 is 15.0 Å². The number of benzene rings is 2. The fraction of sp³-hybridized carbons (Fsp3) is 0.333. The van der Waals surface area contributed by atoms with E-state index in [2.05, 4.69) is 75.6 Å².